The topological polar surface area (TPSA) is 38.3 Å². The summed E-state index contributed by atoms with van der Waals surface area (Å²) in [5.74, 6) is 1.53. The molecule has 0 saturated heterocycles. The van der Waals surface area contributed by atoms with E-state index in [4.69, 9.17) is 4.74 Å². The zero-order chi connectivity index (χ0) is 16.8. The third-order valence-electron chi connectivity index (χ3n) is 3.61. The Morgan fingerprint density at radius 1 is 1.17 bits per heavy atom. The number of hydrogen-bond acceptors (Lipinski definition) is 3. The van der Waals surface area contributed by atoms with E-state index in [1.807, 2.05) is 49.4 Å². The van der Waals surface area contributed by atoms with Gasteiger partial charge in [-0.1, -0.05) is 25.1 Å². The molecule has 0 saturated carbocycles. The van der Waals surface area contributed by atoms with Gasteiger partial charge in [0.1, 0.15) is 5.75 Å². The third kappa shape index (κ3) is 4.76. The van der Waals surface area contributed by atoms with Gasteiger partial charge in [0, 0.05) is 4.90 Å². The zero-order valence-corrected chi connectivity index (χ0v) is 14.9. The molecule has 4 heteroatoms. The summed E-state index contributed by atoms with van der Waals surface area (Å²) in [6, 6.07) is 13.7. The first kappa shape index (κ1) is 17.4. The minimum absolute atomic E-state index is 0.146. The number of carbonyl (C=O) groups excluding carboxylic acids is 1. The maximum absolute atomic E-state index is 12.4. The van der Waals surface area contributed by atoms with E-state index in [0.29, 0.717) is 5.75 Å². The van der Waals surface area contributed by atoms with Crippen molar-refractivity contribution in [2.75, 3.05) is 11.1 Å². The van der Waals surface area contributed by atoms with Crippen LogP contribution in [-0.2, 0) is 4.79 Å². The zero-order valence-electron chi connectivity index (χ0n) is 14.1. The average Bonchev–Trinajstić information content (AvgIpc) is 2.53. The molecule has 1 N–H and O–H groups in total. The quantitative estimate of drug-likeness (QED) is 0.772. The van der Waals surface area contributed by atoms with E-state index in [0.717, 1.165) is 21.9 Å². The molecule has 2 aromatic carbocycles. The number of thioether (sulfide) groups is 1. The second kappa shape index (κ2) is 8.06. The summed E-state index contributed by atoms with van der Waals surface area (Å²) in [7, 11) is 0. The first-order valence-electron chi connectivity index (χ1n) is 7.78. The molecule has 0 bridgehead atoms. The Morgan fingerprint density at radius 2 is 1.91 bits per heavy atom. The lowest BCUT2D eigenvalue weighted by Crippen LogP contribution is -2.30. The highest BCUT2D eigenvalue weighted by Gasteiger charge is 2.16. The maximum Gasteiger partial charge on any atom is 0.265 e. The Bertz CT molecular complexity index is 685. The molecule has 0 aromatic heterocycles. The van der Waals surface area contributed by atoms with Crippen LogP contribution in [0.1, 0.15) is 25.0 Å². The smallest absolute Gasteiger partial charge is 0.265 e. The van der Waals surface area contributed by atoms with Crippen molar-refractivity contribution in [2.45, 2.75) is 38.7 Å². The second-order valence-electron chi connectivity index (χ2n) is 5.42. The molecule has 122 valence electrons. The number of benzene rings is 2. The first-order chi connectivity index (χ1) is 11.0. The number of ether oxygens (including phenoxy) is 1. The molecule has 1 unspecified atom stereocenters. The van der Waals surface area contributed by atoms with E-state index in [9.17, 15) is 4.79 Å². The van der Waals surface area contributed by atoms with Crippen molar-refractivity contribution in [1.29, 1.82) is 0 Å². The molecule has 0 aliphatic heterocycles. The van der Waals surface area contributed by atoms with Crippen LogP contribution in [0.3, 0.4) is 0 Å². The number of anilines is 1. The van der Waals surface area contributed by atoms with Crippen LogP contribution in [0.15, 0.2) is 47.4 Å². The van der Waals surface area contributed by atoms with Gasteiger partial charge in [0.2, 0.25) is 0 Å². The Hall–Kier alpha value is -1.94. The SMILES string of the molecule is CCSc1ccccc1NC(=O)C(C)Oc1ccc(C)c(C)c1. The van der Waals surface area contributed by atoms with Crippen LogP contribution in [0, 0.1) is 13.8 Å². The van der Waals surface area contributed by atoms with Crippen LogP contribution in [0.25, 0.3) is 0 Å². The molecule has 0 radical (unpaired) electrons. The van der Waals surface area contributed by atoms with E-state index in [2.05, 4.69) is 19.2 Å². The molecular weight excluding hydrogens is 306 g/mol. The van der Waals surface area contributed by atoms with E-state index in [1.165, 1.54) is 5.56 Å². The molecule has 0 fully saturated rings. The summed E-state index contributed by atoms with van der Waals surface area (Å²) in [6.45, 7) is 7.94. The predicted octanol–water partition coefficient (Wildman–Crippen LogP) is 4.82. The van der Waals surface area contributed by atoms with Gasteiger partial charge in [-0.15, -0.1) is 11.8 Å². The van der Waals surface area contributed by atoms with Crippen molar-refractivity contribution < 1.29 is 9.53 Å². The lowest BCUT2D eigenvalue weighted by atomic mass is 10.1. The summed E-state index contributed by atoms with van der Waals surface area (Å²) in [6.07, 6.45) is -0.559. The lowest BCUT2D eigenvalue weighted by molar-refractivity contribution is -0.122. The van der Waals surface area contributed by atoms with Gasteiger partial charge in [0.25, 0.3) is 5.91 Å². The van der Waals surface area contributed by atoms with Gasteiger partial charge in [-0.2, -0.15) is 0 Å². The summed E-state index contributed by atoms with van der Waals surface area (Å²) < 4.78 is 5.77. The number of aryl methyl sites for hydroxylation is 2. The highest BCUT2D eigenvalue weighted by atomic mass is 32.2. The Morgan fingerprint density at radius 3 is 2.61 bits per heavy atom. The molecule has 0 aliphatic carbocycles. The average molecular weight is 329 g/mol. The van der Waals surface area contributed by atoms with Crippen LogP contribution in [0.4, 0.5) is 5.69 Å². The molecule has 0 spiro atoms. The summed E-state index contributed by atoms with van der Waals surface area (Å²) >= 11 is 1.71. The predicted molar refractivity (Wildman–Crippen MR) is 97.5 cm³/mol. The summed E-state index contributed by atoms with van der Waals surface area (Å²) in [4.78, 5) is 13.5. The van der Waals surface area contributed by atoms with E-state index in [1.54, 1.807) is 18.7 Å². The molecule has 0 heterocycles. The normalized spacial score (nSPS) is 11.8. The fraction of sp³-hybridized carbons (Fsp3) is 0.316. The van der Waals surface area contributed by atoms with E-state index < -0.39 is 6.10 Å². The molecule has 3 nitrogen and oxygen atoms in total. The Labute approximate surface area is 142 Å². The van der Waals surface area contributed by atoms with Crippen LogP contribution >= 0.6 is 11.8 Å². The van der Waals surface area contributed by atoms with Crippen LogP contribution in [-0.4, -0.2) is 17.8 Å². The van der Waals surface area contributed by atoms with Gasteiger partial charge < -0.3 is 10.1 Å². The van der Waals surface area contributed by atoms with Crippen molar-refractivity contribution in [1.82, 2.24) is 0 Å². The Balaban J connectivity index is 2.04. The molecule has 23 heavy (non-hydrogen) atoms. The number of carbonyl (C=O) groups is 1. The van der Waals surface area contributed by atoms with E-state index >= 15 is 0 Å². The van der Waals surface area contributed by atoms with Gasteiger partial charge in [0.15, 0.2) is 6.10 Å². The molecule has 1 amide bonds. The molecule has 2 rings (SSSR count). The molecule has 1 atom stereocenters. The number of para-hydroxylation sites is 1. The fourth-order valence-corrected chi connectivity index (χ4v) is 2.89. The minimum Gasteiger partial charge on any atom is -0.481 e. The number of amides is 1. The summed E-state index contributed by atoms with van der Waals surface area (Å²) in [5, 5.41) is 2.96. The first-order valence-corrected chi connectivity index (χ1v) is 8.76. The van der Waals surface area contributed by atoms with Crippen molar-refractivity contribution in [3.8, 4) is 5.75 Å². The second-order valence-corrected chi connectivity index (χ2v) is 6.73. The van der Waals surface area contributed by atoms with Gasteiger partial charge in [-0.3, -0.25) is 4.79 Å². The number of hydrogen-bond donors (Lipinski definition) is 1. The number of nitrogens with one attached hydrogen (secondary N) is 1. The highest BCUT2D eigenvalue weighted by molar-refractivity contribution is 7.99. The van der Waals surface area contributed by atoms with Gasteiger partial charge >= 0.3 is 0 Å². The molecule has 2 aromatic rings. The van der Waals surface area contributed by atoms with Crippen molar-refractivity contribution in [3.63, 3.8) is 0 Å². The Kier molecular flexibility index (Phi) is 6.11. The number of rotatable bonds is 6. The van der Waals surface area contributed by atoms with Crippen LogP contribution in [0.5, 0.6) is 5.75 Å². The van der Waals surface area contributed by atoms with Crippen molar-refractivity contribution >= 4 is 23.4 Å². The monoisotopic (exact) mass is 329 g/mol. The van der Waals surface area contributed by atoms with Crippen molar-refractivity contribution in [3.05, 3.63) is 53.6 Å². The summed E-state index contributed by atoms with van der Waals surface area (Å²) in [5.41, 5.74) is 3.19. The van der Waals surface area contributed by atoms with Gasteiger partial charge in [0.05, 0.1) is 5.69 Å². The van der Waals surface area contributed by atoms with Gasteiger partial charge in [-0.25, -0.2) is 0 Å². The van der Waals surface area contributed by atoms with Crippen LogP contribution < -0.4 is 10.1 Å². The maximum atomic E-state index is 12.4. The highest BCUT2D eigenvalue weighted by Crippen LogP contribution is 2.27. The third-order valence-corrected chi connectivity index (χ3v) is 4.56. The molecular formula is C19H23NO2S. The lowest BCUT2D eigenvalue weighted by Gasteiger charge is -2.17. The van der Waals surface area contributed by atoms with E-state index in [-0.39, 0.29) is 5.91 Å². The van der Waals surface area contributed by atoms with Crippen molar-refractivity contribution in [2.24, 2.45) is 0 Å². The minimum atomic E-state index is -0.559. The molecule has 0 aliphatic rings. The standard InChI is InChI=1S/C19H23NO2S/c1-5-23-18-9-7-6-8-17(18)20-19(21)15(4)22-16-11-10-13(2)14(3)12-16/h6-12,15H,5H2,1-4H3,(H,20,21). The largest absolute Gasteiger partial charge is 0.481 e. The van der Waals surface area contributed by atoms with Crippen LogP contribution in [0.2, 0.25) is 0 Å². The fourth-order valence-electron chi connectivity index (χ4n) is 2.13. The van der Waals surface area contributed by atoms with Gasteiger partial charge in [-0.05, 0) is 61.9 Å².